The average Bonchev–Trinajstić information content (AvgIpc) is 3.56. The number of aromatic nitrogens is 1. The Balaban J connectivity index is 1.16. The third-order valence-corrected chi connectivity index (χ3v) is 12.9. The SMILES string of the molecule is Clc1cccc(Cl)c1/C(=C1\C=CC(C23CC4CC(CC(C4)C2)C3)=N1)c1ccc(C23CC4CC(CC(C4)C2)C3)[nH]1. The van der Waals surface area contributed by atoms with Crippen LogP contribution >= 0.6 is 23.2 Å². The lowest BCUT2D eigenvalue weighted by Gasteiger charge is -2.56. The lowest BCUT2D eigenvalue weighted by Crippen LogP contribution is -2.49. The van der Waals surface area contributed by atoms with Crippen molar-refractivity contribution in [3.05, 3.63) is 75.2 Å². The van der Waals surface area contributed by atoms with Crippen LogP contribution in [0.1, 0.15) is 94.0 Å². The molecule has 8 bridgehead atoms. The van der Waals surface area contributed by atoms with Crippen LogP contribution in [0.3, 0.4) is 0 Å². The monoisotopic (exact) mass is 556 g/mol. The summed E-state index contributed by atoms with van der Waals surface area (Å²) in [4.78, 5) is 9.43. The van der Waals surface area contributed by atoms with Crippen LogP contribution in [0.15, 0.2) is 53.2 Å². The van der Waals surface area contributed by atoms with Crippen molar-refractivity contribution in [1.82, 2.24) is 4.98 Å². The van der Waals surface area contributed by atoms with E-state index in [9.17, 15) is 0 Å². The van der Waals surface area contributed by atoms with Gasteiger partial charge in [0.25, 0.3) is 0 Å². The van der Waals surface area contributed by atoms with Crippen LogP contribution in [-0.2, 0) is 5.41 Å². The van der Waals surface area contributed by atoms with E-state index in [-0.39, 0.29) is 5.41 Å². The predicted molar refractivity (Wildman–Crippen MR) is 160 cm³/mol. The van der Waals surface area contributed by atoms with E-state index in [0.29, 0.717) is 15.5 Å². The molecule has 11 rings (SSSR count). The Labute approximate surface area is 242 Å². The number of aromatic amines is 1. The molecule has 8 fully saturated rings. The number of H-pyrrole nitrogens is 1. The molecule has 2 aromatic rings. The summed E-state index contributed by atoms with van der Waals surface area (Å²) in [5.41, 5.74) is 7.48. The molecule has 1 N–H and O–H groups in total. The molecule has 0 unspecified atom stereocenters. The number of nitrogens with zero attached hydrogens (tertiary/aromatic N) is 1. The highest BCUT2D eigenvalue weighted by molar-refractivity contribution is 6.38. The van der Waals surface area contributed by atoms with Crippen molar-refractivity contribution in [3.8, 4) is 0 Å². The smallest absolute Gasteiger partial charge is 0.0734 e. The van der Waals surface area contributed by atoms with Crippen molar-refractivity contribution < 1.29 is 0 Å². The molecule has 2 heterocycles. The Bertz CT molecular complexity index is 1360. The molecule has 2 nitrogen and oxygen atoms in total. The van der Waals surface area contributed by atoms with Crippen molar-refractivity contribution in [1.29, 1.82) is 0 Å². The zero-order valence-corrected chi connectivity index (χ0v) is 24.2. The van der Waals surface area contributed by atoms with Gasteiger partial charge in [0.1, 0.15) is 0 Å². The molecule has 4 heteroatoms. The van der Waals surface area contributed by atoms with Crippen LogP contribution in [0.25, 0.3) is 5.57 Å². The summed E-state index contributed by atoms with van der Waals surface area (Å²) < 4.78 is 0. The summed E-state index contributed by atoms with van der Waals surface area (Å²) in [6, 6.07) is 10.6. The maximum absolute atomic E-state index is 6.90. The summed E-state index contributed by atoms with van der Waals surface area (Å²) in [6.45, 7) is 0. The van der Waals surface area contributed by atoms with E-state index in [1.807, 2.05) is 18.2 Å². The normalized spacial score (nSPS) is 42.5. The van der Waals surface area contributed by atoms with Gasteiger partial charge in [-0.25, -0.2) is 0 Å². The van der Waals surface area contributed by atoms with Crippen LogP contribution < -0.4 is 0 Å². The zero-order valence-electron chi connectivity index (χ0n) is 22.7. The fourth-order valence-electron chi connectivity index (χ4n) is 11.6. The Kier molecular flexibility index (Phi) is 5.14. The van der Waals surface area contributed by atoms with Crippen LogP contribution in [0.5, 0.6) is 0 Å². The second-order valence-corrected chi connectivity index (χ2v) is 15.7. The largest absolute Gasteiger partial charge is 0.358 e. The highest BCUT2D eigenvalue weighted by atomic mass is 35.5. The van der Waals surface area contributed by atoms with Gasteiger partial charge in [-0.1, -0.05) is 29.3 Å². The second-order valence-electron chi connectivity index (χ2n) is 14.9. The number of benzene rings is 1. The molecule has 0 amide bonds. The zero-order chi connectivity index (χ0) is 25.9. The van der Waals surface area contributed by atoms with E-state index < -0.39 is 0 Å². The Morgan fingerprint density at radius 2 is 1.18 bits per heavy atom. The fraction of sp³-hybridized carbons (Fsp3) is 0.571. The summed E-state index contributed by atoms with van der Waals surface area (Å²) in [6.07, 6.45) is 21.4. The Morgan fingerprint density at radius 1 is 0.667 bits per heavy atom. The molecule has 0 radical (unpaired) electrons. The van der Waals surface area contributed by atoms with Crippen molar-refractivity contribution in [2.45, 2.75) is 82.5 Å². The van der Waals surface area contributed by atoms with E-state index in [4.69, 9.17) is 28.2 Å². The molecule has 8 aliphatic carbocycles. The Morgan fingerprint density at radius 3 is 1.72 bits per heavy atom. The summed E-state index contributed by atoms with van der Waals surface area (Å²) >= 11 is 13.8. The van der Waals surface area contributed by atoms with E-state index in [0.717, 1.165) is 58.0 Å². The van der Waals surface area contributed by atoms with Gasteiger partial charge in [0.05, 0.1) is 15.7 Å². The number of halogens is 2. The number of allylic oxidation sites excluding steroid dienone is 2. The minimum atomic E-state index is 0.280. The highest BCUT2D eigenvalue weighted by Crippen LogP contribution is 2.62. The maximum Gasteiger partial charge on any atom is 0.0734 e. The molecule has 202 valence electrons. The number of hydrogen-bond donors (Lipinski definition) is 1. The van der Waals surface area contributed by atoms with Gasteiger partial charge in [0.15, 0.2) is 0 Å². The van der Waals surface area contributed by atoms with Gasteiger partial charge in [-0.2, -0.15) is 0 Å². The lowest BCUT2D eigenvalue weighted by molar-refractivity contribution is -0.0117. The predicted octanol–water partition coefficient (Wildman–Crippen LogP) is 9.78. The topological polar surface area (TPSA) is 28.1 Å². The first kappa shape index (κ1) is 23.9. The first-order valence-electron chi connectivity index (χ1n) is 15.6. The molecule has 1 aromatic heterocycles. The van der Waals surface area contributed by atoms with Crippen LogP contribution in [-0.4, -0.2) is 10.7 Å². The molecule has 0 saturated heterocycles. The van der Waals surface area contributed by atoms with Crippen LogP contribution in [0.4, 0.5) is 0 Å². The van der Waals surface area contributed by atoms with Gasteiger partial charge in [0.2, 0.25) is 0 Å². The number of nitrogens with one attached hydrogen (secondary N) is 1. The molecular weight excluding hydrogens is 519 g/mol. The molecule has 0 spiro atoms. The van der Waals surface area contributed by atoms with Gasteiger partial charge in [-0.15, -0.1) is 0 Å². The van der Waals surface area contributed by atoms with Gasteiger partial charge in [-0.3, -0.25) is 4.99 Å². The van der Waals surface area contributed by atoms with Crippen molar-refractivity contribution in [2.24, 2.45) is 45.9 Å². The molecule has 0 atom stereocenters. The standard InChI is InChI=1S/C35H38Cl2N2/c36-26-2-1-3-27(37)32(26)33(28-4-6-30(38-28)34-14-20-8-21(15-34)10-22(9-20)16-34)29-5-7-31(39-29)35-17-23-11-24(18-35)13-25(12-23)19-35/h1-7,20-25,38H,8-19H2/b33-29+. The number of hydrogen-bond acceptors (Lipinski definition) is 1. The Hall–Kier alpha value is -1.77. The van der Waals surface area contributed by atoms with E-state index >= 15 is 0 Å². The third kappa shape index (κ3) is 3.62. The maximum atomic E-state index is 6.90. The quantitative estimate of drug-likeness (QED) is 0.388. The summed E-state index contributed by atoms with van der Waals surface area (Å²) in [5, 5.41) is 1.39. The first-order chi connectivity index (χ1) is 19.0. The molecule has 1 aliphatic heterocycles. The van der Waals surface area contributed by atoms with E-state index in [2.05, 4.69) is 29.3 Å². The molecule has 9 aliphatic rings. The van der Waals surface area contributed by atoms with Crippen LogP contribution in [0, 0.1) is 40.9 Å². The highest BCUT2D eigenvalue weighted by Gasteiger charge is 2.54. The molecule has 39 heavy (non-hydrogen) atoms. The van der Waals surface area contributed by atoms with Gasteiger partial charge in [-0.05, 0) is 149 Å². The molecular formula is C35H38Cl2N2. The van der Waals surface area contributed by atoms with E-state index in [1.165, 1.54) is 88.5 Å². The minimum Gasteiger partial charge on any atom is -0.358 e. The van der Waals surface area contributed by atoms with Gasteiger partial charge < -0.3 is 4.98 Å². The van der Waals surface area contributed by atoms with Gasteiger partial charge >= 0.3 is 0 Å². The molecule has 1 aromatic carbocycles. The lowest BCUT2D eigenvalue weighted by atomic mass is 9.48. The van der Waals surface area contributed by atoms with Crippen LogP contribution in [0.2, 0.25) is 10.0 Å². The molecule has 8 saturated carbocycles. The first-order valence-corrected chi connectivity index (χ1v) is 16.4. The second kappa shape index (κ2) is 8.39. The van der Waals surface area contributed by atoms with E-state index in [1.54, 1.807) is 0 Å². The number of aliphatic imine (C=N–C) groups is 1. The third-order valence-electron chi connectivity index (χ3n) is 12.3. The van der Waals surface area contributed by atoms with Crippen molar-refractivity contribution in [2.75, 3.05) is 0 Å². The van der Waals surface area contributed by atoms with Crippen molar-refractivity contribution >= 4 is 34.5 Å². The fourth-order valence-corrected chi connectivity index (χ4v) is 12.2. The number of rotatable bonds is 4. The van der Waals surface area contributed by atoms with Crippen molar-refractivity contribution in [3.63, 3.8) is 0 Å². The van der Waals surface area contributed by atoms with Gasteiger partial charge in [0, 0.05) is 39.1 Å². The summed E-state index contributed by atoms with van der Waals surface area (Å²) in [5.74, 6) is 5.48. The average molecular weight is 558 g/mol. The summed E-state index contributed by atoms with van der Waals surface area (Å²) in [7, 11) is 0. The minimum absolute atomic E-state index is 0.280.